The zero-order valence-corrected chi connectivity index (χ0v) is 11.6. The molecule has 1 heterocycles. The first kappa shape index (κ1) is 14.6. The van der Waals surface area contributed by atoms with Crippen LogP contribution in [0, 0.1) is 15.9 Å². The standard InChI is InChI=1S/C16H9FN2O4/c17-12-7-3-1-5-10(12)9-13-16(20)23-15(18-13)11-6-2-4-8-14(11)19(21)22/h1-9H. The third-order valence-corrected chi connectivity index (χ3v) is 3.15. The second-order valence-electron chi connectivity index (χ2n) is 4.63. The number of carbonyl (C=O) groups is 1. The fourth-order valence-electron chi connectivity index (χ4n) is 2.08. The Kier molecular flexibility index (Phi) is 3.68. The zero-order valence-electron chi connectivity index (χ0n) is 11.6. The van der Waals surface area contributed by atoms with E-state index in [0.29, 0.717) is 0 Å². The number of hydrogen-bond donors (Lipinski definition) is 0. The minimum Gasteiger partial charge on any atom is -0.402 e. The molecule has 0 saturated heterocycles. The number of hydrogen-bond acceptors (Lipinski definition) is 5. The van der Waals surface area contributed by atoms with Crippen LogP contribution in [0.3, 0.4) is 0 Å². The molecular weight excluding hydrogens is 303 g/mol. The third kappa shape index (κ3) is 2.84. The molecule has 1 aliphatic heterocycles. The quantitative estimate of drug-likeness (QED) is 0.377. The first-order valence-electron chi connectivity index (χ1n) is 6.57. The van der Waals surface area contributed by atoms with Crippen molar-refractivity contribution in [1.82, 2.24) is 0 Å². The van der Waals surface area contributed by atoms with Crippen LogP contribution in [0.4, 0.5) is 10.1 Å². The van der Waals surface area contributed by atoms with Gasteiger partial charge in [-0.05, 0) is 18.2 Å². The average molecular weight is 312 g/mol. The summed E-state index contributed by atoms with van der Waals surface area (Å²) in [6, 6.07) is 11.6. The van der Waals surface area contributed by atoms with Crippen LogP contribution in [0.1, 0.15) is 11.1 Å². The number of aliphatic imine (C=N–C) groups is 1. The Morgan fingerprint density at radius 2 is 1.83 bits per heavy atom. The maximum atomic E-state index is 13.6. The molecule has 3 rings (SSSR count). The minimum atomic E-state index is -0.790. The van der Waals surface area contributed by atoms with E-state index in [1.54, 1.807) is 12.1 Å². The first-order chi connectivity index (χ1) is 11.1. The second kappa shape index (κ2) is 5.80. The monoisotopic (exact) mass is 312 g/mol. The summed E-state index contributed by atoms with van der Waals surface area (Å²) < 4.78 is 18.6. The minimum absolute atomic E-state index is 0.0859. The summed E-state index contributed by atoms with van der Waals surface area (Å²) in [6.07, 6.45) is 1.24. The molecule has 0 N–H and O–H groups in total. The fraction of sp³-hybridized carbons (Fsp3) is 0. The van der Waals surface area contributed by atoms with Gasteiger partial charge in [-0.15, -0.1) is 0 Å². The molecule has 1 aliphatic rings. The van der Waals surface area contributed by atoms with Gasteiger partial charge in [0.2, 0.25) is 5.90 Å². The van der Waals surface area contributed by atoms with E-state index in [1.807, 2.05) is 0 Å². The van der Waals surface area contributed by atoms with Gasteiger partial charge in [0.25, 0.3) is 5.69 Å². The van der Waals surface area contributed by atoms with Gasteiger partial charge >= 0.3 is 5.97 Å². The molecule has 6 nitrogen and oxygen atoms in total. The normalized spacial score (nSPS) is 15.4. The largest absolute Gasteiger partial charge is 0.402 e. The van der Waals surface area contributed by atoms with Crippen LogP contribution in [0.2, 0.25) is 0 Å². The summed E-state index contributed by atoms with van der Waals surface area (Å²) in [7, 11) is 0. The van der Waals surface area contributed by atoms with Crippen LogP contribution in [-0.2, 0) is 9.53 Å². The molecular formula is C16H9FN2O4. The number of ether oxygens (including phenoxy) is 1. The highest BCUT2D eigenvalue weighted by Crippen LogP contribution is 2.25. The van der Waals surface area contributed by atoms with Crippen molar-refractivity contribution in [1.29, 1.82) is 0 Å². The lowest BCUT2D eigenvalue weighted by Crippen LogP contribution is -2.07. The summed E-state index contributed by atoms with van der Waals surface area (Å²) in [5.74, 6) is -1.48. The van der Waals surface area contributed by atoms with Crippen molar-refractivity contribution in [2.45, 2.75) is 0 Å². The average Bonchev–Trinajstić information content (AvgIpc) is 2.90. The highest BCUT2D eigenvalue weighted by Gasteiger charge is 2.29. The highest BCUT2D eigenvalue weighted by atomic mass is 19.1. The number of carbonyl (C=O) groups excluding carboxylic acids is 1. The second-order valence-corrected chi connectivity index (χ2v) is 4.63. The molecule has 0 amide bonds. The topological polar surface area (TPSA) is 81.8 Å². The van der Waals surface area contributed by atoms with Gasteiger partial charge in [0.1, 0.15) is 11.4 Å². The number of esters is 1. The number of benzene rings is 2. The lowest BCUT2D eigenvalue weighted by Gasteiger charge is -2.00. The van der Waals surface area contributed by atoms with Gasteiger partial charge in [-0.3, -0.25) is 10.1 Å². The van der Waals surface area contributed by atoms with Crippen LogP contribution >= 0.6 is 0 Å². The maximum Gasteiger partial charge on any atom is 0.363 e. The molecule has 0 bridgehead atoms. The van der Waals surface area contributed by atoms with E-state index in [-0.39, 0.29) is 28.4 Å². The molecule has 2 aromatic rings. The van der Waals surface area contributed by atoms with E-state index in [2.05, 4.69) is 4.99 Å². The van der Waals surface area contributed by atoms with Gasteiger partial charge in [-0.1, -0.05) is 30.3 Å². The van der Waals surface area contributed by atoms with E-state index in [0.717, 1.165) is 0 Å². The number of nitrogens with zero attached hydrogens (tertiary/aromatic N) is 2. The number of cyclic esters (lactones) is 1. The van der Waals surface area contributed by atoms with Crippen molar-refractivity contribution >= 4 is 23.6 Å². The van der Waals surface area contributed by atoms with Crippen molar-refractivity contribution in [2.24, 2.45) is 4.99 Å². The Bertz CT molecular complexity index is 874. The van der Waals surface area contributed by atoms with Crippen LogP contribution < -0.4 is 0 Å². The van der Waals surface area contributed by atoms with Crippen LogP contribution in [0.15, 0.2) is 59.2 Å². The van der Waals surface area contributed by atoms with Gasteiger partial charge in [-0.25, -0.2) is 14.2 Å². The molecule has 2 aromatic carbocycles. The maximum absolute atomic E-state index is 13.6. The molecule has 7 heteroatoms. The Labute approximate surface area is 129 Å². The van der Waals surface area contributed by atoms with Crippen molar-refractivity contribution in [3.8, 4) is 0 Å². The molecule has 0 fully saturated rings. The molecule has 23 heavy (non-hydrogen) atoms. The number of para-hydroxylation sites is 1. The summed E-state index contributed by atoms with van der Waals surface area (Å²) >= 11 is 0. The van der Waals surface area contributed by atoms with E-state index in [9.17, 15) is 19.3 Å². The molecule has 0 atom stereocenters. The van der Waals surface area contributed by atoms with Gasteiger partial charge in [0, 0.05) is 11.6 Å². The van der Waals surface area contributed by atoms with E-state index in [1.165, 1.54) is 42.5 Å². The van der Waals surface area contributed by atoms with Gasteiger partial charge in [0.15, 0.2) is 5.70 Å². The summed E-state index contributed by atoms with van der Waals surface area (Å²) in [5.41, 5.74) is -0.0933. The van der Waals surface area contributed by atoms with Crippen molar-refractivity contribution in [3.63, 3.8) is 0 Å². The lowest BCUT2D eigenvalue weighted by atomic mass is 10.2. The van der Waals surface area contributed by atoms with Gasteiger partial charge in [-0.2, -0.15) is 0 Å². The van der Waals surface area contributed by atoms with E-state index < -0.39 is 16.7 Å². The molecule has 0 radical (unpaired) electrons. The Balaban J connectivity index is 2.03. The highest BCUT2D eigenvalue weighted by molar-refractivity contribution is 6.14. The van der Waals surface area contributed by atoms with Crippen molar-refractivity contribution in [3.05, 3.63) is 81.3 Å². The summed E-state index contributed by atoms with van der Waals surface area (Å²) in [5, 5.41) is 11.0. The SMILES string of the molecule is O=C1OC(c2ccccc2[N+](=O)[O-])=NC1=Cc1ccccc1F. The number of halogens is 1. The Morgan fingerprint density at radius 3 is 2.57 bits per heavy atom. The molecule has 0 aliphatic carbocycles. The van der Waals surface area contributed by atoms with Crippen LogP contribution in [-0.4, -0.2) is 16.8 Å². The van der Waals surface area contributed by atoms with Crippen LogP contribution in [0.25, 0.3) is 6.08 Å². The lowest BCUT2D eigenvalue weighted by molar-refractivity contribution is -0.385. The number of nitro groups is 1. The van der Waals surface area contributed by atoms with Gasteiger partial charge < -0.3 is 4.74 Å². The molecule has 114 valence electrons. The van der Waals surface area contributed by atoms with Crippen molar-refractivity contribution < 1.29 is 18.8 Å². The summed E-state index contributed by atoms with van der Waals surface area (Å²) in [6.45, 7) is 0. The first-order valence-corrected chi connectivity index (χ1v) is 6.57. The number of rotatable bonds is 3. The fourth-order valence-corrected chi connectivity index (χ4v) is 2.08. The van der Waals surface area contributed by atoms with E-state index in [4.69, 9.17) is 4.74 Å². The van der Waals surface area contributed by atoms with E-state index >= 15 is 0 Å². The third-order valence-electron chi connectivity index (χ3n) is 3.15. The summed E-state index contributed by atoms with van der Waals surface area (Å²) in [4.78, 5) is 26.2. The molecule has 0 aromatic heterocycles. The zero-order chi connectivity index (χ0) is 16.4. The number of nitro benzene ring substituents is 1. The van der Waals surface area contributed by atoms with Gasteiger partial charge in [0.05, 0.1) is 4.92 Å². The predicted molar refractivity (Wildman–Crippen MR) is 80.1 cm³/mol. The Hall–Kier alpha value is -3.35. The smallest absolute Gasteiger partial charge is 0.363 e. The van der Waals surface area contributed by atoms with Crippen molar-refractivity contribution in [2.75, 3.05) is 0 Å². The molecule has 0 spiro atoms. The molecule has 0 saturated carbocycles. The predicted octanol–water partition coefficient (Wildman–Crippen LogP) is 3.08. The molecule has 0 unspecified atom stereocenters. The van der Waals surface area contributed by atoms with Crippen LogP contribution in [0.5, 0.6) is 0 Å². The Morgan fingerprint density at radius 1 is 1.13 bits per heavy atom.